The molecule has 0 aromatic carbocycles. The lowest BCUT2D eigenvalue weighted by atomic mass is 10.0. The summed E-state index contributed by atoms with van der Waals surface area (Å²) in [6.07, 6.45) is 1.64. The summed E-state index contributed by atoms with van der Waals surface area (Å²) in [5.74, 6) is 0.440. The molecule has 1 aliphatic heterocycles. The molecule has 3 rings (SSSR count). The Morgan fingerprint density at radius 1 is 1.39 bits per heavy atom. The number of hydrogen-bond donors (Lipinski definition) is 4. The number of aromatic nitrogens is 1. The van der Waals surface area contributed by atoms with Crippen LogP contribution in [0.5, 0.6) is 0 Å². The Bertz CT molecular complexity index is 895. The molecule has 0 radical (unpaired) electrons. The van der Waals surface area contributed by atoms with E-state index in [1.807, 2.05) is 24.4 Å². The second-order valence-electron chi connectivity index (χ2n) is 7.43. The van der Waals surface area contributed by atoms with E-state index in [-0.39, 0.29) is 42.7 Å². The molecule has 31 heavy (non-hydrogen) atoms. The van der Waals surface area contributed by atoms with Gasteiger partial charge in [-0.2, -0.15) is 0 Å². The normalized spacial score (nSPS) is 18.4. The molecular weight excluding hydrogens is 481 g/mol. The highest BCUT2D eigenvalue weighted by Gasteiger charge is 2.31. The third-order valence-corrected chi connectivity index (χ3v) is 6.38. The standard InChI is InChI=1S/C20H26ClN5O2S.2ClH/c1-11-14(3-4-18(22)25-11)9-24-19(27)12(2)26-20(28)17-6-13(8-23-17)5-16-7-15(21)10-29-16;;/h3-4,7,10,12-13,17,23H,5-6,8-9H2,1-2H3,(H2,22,25)(H,24,27)(H,26,28);2*1H/t12?,13-,17+;;/m0../s1. The van der Waals surface area contributed by atoms with Gasteiger partial charge in [-0.25, -0.2) is 4.98 Å². The molecule has 1 fully saturated rings. The highest BCUT2D eigenvalue weighted by molar-refractivity contribution is 7.10. The van der Waals surface area contributed by atoms with Gasteiger partial charge in [-0.05, 0) is 56.8 Å². The Labute approximate surface area is 203 Å². The fourth-order valence-corrected chi connectivity index (χ4v) is 4.61. The molecule has 3 atom stereocenters. The number of aryl methyl sites for hydroxylation is 1. The molecule has 3 heterocycles. The number of nitrogens with two attached hydrogens (primary N) is 1. The van der Waals surface area contributed by atoms with Crippen LogP contribution in [0, 0.1) is 12.8 Å². The minimum Gasteiger partial charge on any atom is -0.384 e. The van der Waals surface area contributed by atoms with Crippen molar-refractivity contribution in [1.29, 1.82) is 0 Å². The fraction of sp³-hybridized carbons (Fsp3) is 0.450. The van der Waals surface area contributed by atoms with Gasteiger partial charge in [0.05, 0.1) is 11.1 Å². The minimum absolute atomic E-state index is 0. The second-order valence-corrected chi connectivity index (χ2v) is 8.86. The van der Waals surface area contributed by atoms with E-state index in [1.54, 1.807) is 24.3 Å². The van der Waals surface area contributed by atoms with Crippen LogP contribution < -0.4 is 21.7 Å². The number of amides is 2. The maximum absolute atomic E-state index is 12.5. The molecule has 2 amide bonds. The number of nitrogens with one attached hydrogen (secondary N) is 3. The fourth-order valence-electron chi connectivity index (χ4n) is 3.42. The van der Waals surface area contributed by atoms with Crippen LogP contribution in [0.25, 0.3) is 0 Å². The molecule has 7 nitrogen and oxygen atoms in total. The molecule has 1 aliphatic rings. The maximum atomic E-state index is 12.5. The van der Waals surface area contributed by atoms with Crippen molar-refractivity contribution in [2.24, 2.45) is 5.92 Å². The van der Waals surface area contributed by atoms with Crippen LogP contribution in [0.15, 0.2) is 23.6 Å². The number of anilines is 1. The molecular formula is C20H28Cl3N5O2S. The number of halogens is 3. The quantitative estimate of drug-likeness (QED) is 0.460. The van der Waals surface area contributed by atoms with E-state index in [1.165, 1.54) is 4.88 Å². The number of nitrogen functional groups attached to an aromatic ring is 1. The van der Waals surface area contributed by atoms with Gasteiger partial charge in [0, 0.05) is 22.5 Å². The zero-order valence-electron chi connectivity index (χ0n) is 17.3. The third-order valence-electron chi connectivity index (χ3n) is 5.07. The zero-order chi connectivity index (χ0) is 21.0. The smallest absolute Gasteiger partial charge is 0.242 e. The van der Waals surface area contributed by atoms with Gasteiger partial charge in [-0.15, -0.1) is 36.2 Å². The van der Waals surface area contributed by atoms with Crippen molar-refractivity contribution in [3.63, 3.8) is 0 Å². The van der Waals surface area contributed by atoms with Gasteiger partial charge in [0.2, 0.25) is 11.8 Å². The molecule has 2 aromatic rings. The Hall–Kier alpha value is -1.58. The summed E-state index contributed by atoms with van der Waals surface area (Å²) in [6, 6.07) is 4.61. The maximum Gasteiger partial charge on any atom is 0.242 e. The number of thiophene rings is 1. The van der Waals surface area contributed by atoms with E-state index < -0.39 is 6.04 Å². The third kappa shape index (κ3) is 7.80. The summed E-state index contributed by atoms with van der Waals surface area (Å²) < 4.78 is 0. The second kappa shape index (κ2) is 12.5. The first kappa shape index (κ1) is 27.5. The van der Waals surface area contributed by atoms with Crippen molar-refractivity contribution in [2.75, 3.05) is 12.3 Å². The van der Waals surface area contributed by atoms with E-state index in [0.717, 1.165) is 35.7 Å². The molecule has 2 aromatic heterocycles. The average molecular weight is 509 g/mol. The highest BCUT2D eigenvalue weighted by Crippen LogP contribution is 2.25. The molecule has 0 spiro atoms. The van der Waals surface area contributed by atoms with Crippen molar-refractivity contribution >= 4 is 65.4 Å². The Balaban J connectivity index is 0.00000240. The molecule has 0 saturated carbocycles. The molecule has 0 aliphatic carbocycles. The van der Waals surface area contributed by atoms with Crippen LogP contribution in [0.4, 0.5) is 5.82 Å². The van der Waals surface area contributed by atoms with Crippen LogP contribution in [-0.2, 0) is 22.6 Å². The SMILES string of the molecule is Cc1nc(N)ccc1CNC(=O)C(C)NC(=O)[C@H]1C[C@H](Cc2cc(Cl)cs2)CN1.Cl.Cl. The summed E-state index contributed by atoms with van der Waals surface area (Å²) in [5, 5.41) is 11.6. The first-order valence-electron chi connectivity index (χ1n) is 9.58. The zero-order valence-corrected chi connectivity index (χ0v) is 20.5. The summed E-state index contributed by atoms with van der Waals surface area (Å²) in [7, 11) is 0. The van der Waals surface area contributed by atoms with Gasteiger partial charge >= 0.3 is 0 Å². The summed E-state index contributed by atoms with van der Waals surface area (Å²) in [4.78, 5) is 30.3. The van der Waals surface area contributed by atoms with Crippen LogP contribution >= 0.6 is 47.8 Å². The van der Waals surface area contributed by atoms with Crippen molar-refractivity contribution < 1.29 is 9.59 Å². The Morgan fingerprint density at radius 2 is 2.13 bits per heavy atom. The Morgan fingerprint density at radius 3 is 2.77 bits per heavy atom. The Kier molecular flexibility index (Phi) is 11.0. The molecule has 1 unspecified atom stereocenters. The van der Waals surface area contributed by atoms with Crippen molar-refractivity contribution in [3.05, 3.63) is 44.7 Å². The summed E-state index contributed by atoms with van der Waals surface area (Å²) in [5.41, 5.74) is 7.31. The van der Waals surface area contributed by atoms with Crippen LogP contribution in [-0.4, -0.2) is 35.4 Å². The van der Waals surface area contributed by atoms with E-state index in [4.69, 9.17) is 17.3 Å². The molecule has 0 bridgehead atoms. The molecule has 172 valence electrons. The largest absolute Gasteiger partial charge is 0.384 e. The number of pyridine rings is 1. The summed E-state index contributed by atoms with van der Waals surface area (Å²) >= 11 is 7.62. The lowest BCUT2D eigenvalue weighted by molar-refractivity contribution is -0.129. The number of nitrogens with zero attached hydrogens (tertiary/aromatic N) is 1. The lowest BCUT2D eigenvalue weighted by Crippen LogP contribution is -2.50. The van der Waals surface area contributed by atoms with Crippen LogP contribution in [0.3, 0.4) is 0 Å². The van der Waals surface area contributed by atoms with Gasteiger partial charge in [0.15, 0.2) is 0 Å². The van der Waals surface area contributed by atoms with Gasteiger partial charge < -0.3 is 21.7 Å². The topological polar surface area (TPSA) is 109 Å². The van der Waals surface area contributed by atoms with E-state index in [0.29, 0.717) is 18.3 Å². The van der Waals surface area contributed by atoms with Gasteiger partial charge in [-0.3, -0.25) is 9.59 Å². The minimum atomic E-state index is -0.624. The van der Waals surface area contributed by atoms with Crippen molar-refractivity contribution in [1.82, 2.24) is 20.9 Å². The number of carbonyl (C=O) groups is 2. The number of carbonyl (C=O) groups excluding carboxylic acids is 2. The molecule has 1 saturated heterocycles. The molecule has 11 heteroatoms. The van der Waals surface area contributed by atoms with Crippen LogP contribution in [0.2, 0.25) is 5.02 Å². The van der Waals surface area contributed by atoms with E-state index >= 15 is 0 Å². The number of hydrogen-bond acceptors (Lipinski definition) is 6. The van der Waals surface area contributed by atoms with Crippen LogP contribution in [0.1, 0.15) is 29.5 Å². The molecule has 5 N–H and O–H groups in total. The predicted molar refractivity (Wildman–Crippen MR) is 130 cm³/mol. The number of rotatable bonds is 7. The lowest BCUT2D eigenvalue weighted by Gasteiger charge is -2.17. The average Bonchev–Trinajstić information content (AvgIpc) is 3.30. The first-order chi connectivity index (χ1) is 13.8. The van der Waals surface area contributed by atoms with E-state index in [2.05, 4.69) is 20.9 Å². The van der Waals surface area contributed by atoms with Crippen molar-refractivity contribution in [2.45, 2.75) is 45.3 Å². The monoisotopic (exact) mass is 507 g/mol. The van der Waals surface area contributed by atoms with Gasteiger partial charge in [-0.1, -0.05) is 17.7 Å². The van der Waals surface area contributed by atoms with Gasteiger partial charge in [0.1, 0.15) is 11.9 Å². The van der Waals surface area contributed by atoms with Gasteiger partial charge in [0.25, 0.3) is 0 Å². The van der Waals surface area contributed by atoms with E-state index in [9.17, 15) is 9.59 Å². The summed E-state index contributed by atoms with van der Waals surface area (Å²) in [6.45, 7) is 4.64. The first-order valence-corrected chi connectivity index (χ1v) is 10.8. The predicted octanol–water partition coefficient (Wildman–Crippen LogP) is 2.87. The van der Waals surface area contributed by atoms with Crippen molar-refractivity contribution in [3.8, 4) is 0 Å². The highest BCUT2D eigenvalue weighted by atomic mass is 35.5.